The number of aromatic nitrogens is 3. The molecule has 0 saturated heterocycles. The lowest BCUT2D eigenvalue weighted by Crippen LogP contribution is -2.15. The summed E-state index contributed by atoms with van der Waals surface area (Å²) >= 11 is 11.8. The molecule has 2 aromatic rings. The molecule has 6 nitrogen and oxygen atoms in total. The summed E-state index contributed by atoms with van der Waals surface area (Å²) in [5, 5.41) is 20.6. The highest BCUT2D eigenvalue weighted by atomic mass is 35.5. The minimum absolute atomic E-state index is 0.200. The molecular weight excluding hydrogens is 315 g/mol. The second-order valence-corrected chi connectivity index (χ2v) is 5.35. The van der Waals surface area contributed by atoms with Crippen LogP contribution in [0.15, 0.2) is 24.4 Å². The molecule has 112 valence electrons. The quantitative estimate of drug-likeness (QED) is 0.884. The molecule has 0 aliphatic rings. The van der Waals surface area contributed by atoms with Crippen LogP contribution in [0.1, 0.15) is 25.1 Å². The van der Waals surface area contributed by atoms with Crippen molar-refractivity contribution in [3.63, 3.8) is 0 Å². The maximum atomic E-state index is 11.9. The molecule has 0 aliphatic carbocycles. The maximum Gasteiger partial charge on any atom is 0.226 e. The van der Waals surface area contributed by atoms with Crippen LogP contribution in [-0.2, 0) is 11.3 Å². The highest BCUT2D eigenvalue weighted by Gasteiger charge is 2.09. The van der Waals surface area contributed by atoms with E-state index in [1.165, 1.54) is 4.68 Å². The molecule has 0 radical (unpaired) electrons. The van der Waals surface area contributed by atoms with Gasteiger partial charge >= 0.3 is 0 Å². The fourth-order valence-corrected chi connectivity index (χ4v) is 1.97. The molecule has 1 aromatic heterocycles. The number of carbonyl (C=O) groups is 1. The average Bonchev–Trinajstić information content (AvgIpc) is 2.90. The van der Waals surface area contributed by atoms with Gasteiger partial charge in [-0.05, 0) is 25.1 Å². The Bertz CT molecular complexity index is 643. The van der Waals surface area contributed by atoms with E-state index >= 15 is 0 Å². The normalized spacial score (nSPS) is 12.2. The number of anilines is 1. The summed E-state index contributed by atoms with van der Waals surface area (Å²) < 4.78 is 1.50. The van der Waals surface area contributed by atoms with Crippen LogP contribution >= 0.6 is 23.2 Å². The Balaban J connectivity index is 1.91. The fraction of sp³-hybridized carbons (Fsp3) is 0.308. The molecular formula is C13H14Cl2N4O2. The van der Waals surface area contributed by atoms with Crippen molar-refractivity contribution < 1.29 is 9.90 Å². The van der Waals surface area contributed by atoms with Crippen LogP contribution in [0, 0.1) is 0 Å². The topological polar surface area (TPSA) is 80.0 Å². The Kier molecular flexibility index (Phi) is 5.17. The highest BCUT2D eigenvalue weighted by molar-refractivity contribution is 6.35. The van der Waals surface area contributed by atoms with Crippen LogP contribution in [0.4, 0.5) is 5.69 Å². The number of halogens is 2. The predicted molar refractivity (Wildman–Crippen MR) is 80.4 cm³/mol. The molecule has 2 N–H and O–H groups in total. The molecule has 1 aromatic carbocycles. The van der Waals surface area contributed by atoms with Gasteiger partial charge in [0.15, 0.2) is 0 Å². The van der Waals surface area contributed by atoms with Gasteiger partial charge in [-0.2, -0.15) is 0 Å². The van der Waals surface area contributed by atoms with Crippen molar-refractivity contribution in [3.05, 3.63) is 40.1 Å². The Morgan fingerprint density at radius 1 is 1.48 bits per heavy atom. The molecule has 1 unspecified atom stereocenters. The third-order valence-corrected chi connectivity index (χ3v) is 3.32. The number of hydrogen-bond donors (Lipinski definition) is 2. The van der Waals surface area contributed by atoms with Crippen LogP contribution in [0.2, 0.25) is 10.0 Å². The highest BCUT2D eigenvalue weighted by Crippen LogP contribution is 2.25. The number of amides is 1. The largest absolute Gasteiger partial charge is 0.387 e. The number of hydrogen-bond acceptors (Lipinski definition) is 4. The number of aryl methyl sites for hydroxylation is 1. The van der Waals surface area contributed by atoms with Crippen LogP contribution in [0.25, 0.3) is 0 Å². The van der Waals surface area contributed by atoms with E-state index in [9.17, 15) is 9.90 Å². The SMILES string of the molecule is CC(O)c1cn(CCC(=O)Nc2cc(Cl)ccc2Cl)nn1. The van der Waals surface area contributed by atoms with Gasteiger partial charge in [0.05, 0.1) is 29.6 Å². The summed E-state index contributed by atoms with van der Waals surface area (Å²) in [6.45, 7) is 1.95. The first kappa shape index (κ1) is 15.8. The predicted octanol–water partition coefficient (Wildman–Crippen LogP) is 2.67. The van der Waals surface area contributed by atoms with Crippen molar-refractivity contribution in [1.29, 1.82) is 0 Å². The van der Waals surface area contributed by atoms with Gasteiger partial charge in [-0.15, -0.1) is 5.10 Å². The van der Waals surface area contributed by atoms with E-state index in [1.807, 2.05) is 0 Å². The molecule has 1 atom stereocenters. The number of aliphatic hydroxyl groups excluding tert-OH is 1. The van der Waals surface area contributed by atoms with Crippen LogP contribution in [0.5, 0.6) is 0 Å². The Morgan fingerprint density at radius 2 is 2.24 bits per heavy atom. The minimum atomic E-state index is -0.683. The summed E-state index contributed by atoms with van der Waals surface area (Å²) in [6, 6.07) is 4.85. The fourth-order valence-electron chi connectivity index (χ4n) is 1.64. The molecule has 0 fully saturated rings. The lowest BCUT2D eigenvalue weighted by molar-refractivity contribution is -0.116. The monoisotopic (exact) mass is 328 g/mol. The first-order chi connectivity index (χ1) is 9.95. The lowest BCUT2D eigenvalue weighted by atomic mass is 10.3. The van der Waals surface area contributed by atoms with Crippen molar-refractivity contribution in [2.24, 2.45) is 0 Å². The van der Waals surface area contributed by atoms with E-state index in [0.29, 0.717) is 28.0 Å². The van der Waals surface area contributed by atoms with Crippen molar-refractivity contribution in [2.75, 3.05) is 5.32 Å². The Labute approximate surface area is 131 Å². The number of benzene rings is 1. The van der Waals surface area contributed by atoms with Gasteiger partial charge in [0, 0.05) is 11.4 Å². The molecule has 2 rings (SSSR count). The Hall–Kier alpha value is -1.63. The van der Waals surface area contributed by atoms with Crippen molar-refractivity contribution in [2.45, 2.75) is 26.0 Å². The molecule has 0 spiro atoms. The van der Waals surface area contributed by atoms with E-state index in [-0.39, 0.29) is 12.3 Å². The number of carbonyl (C=O) groups excluding carboxylic acids is 1. The third kappa shape index (κ3) is 4.42. The van der Waals surface area contributed by atoms with Gasteiger partial charge in [0.2, 0.25) is 5.91 Å². The number of nitrogens with zero attached hydrogens (tertiary/aromatic N) is 3. The first-order valence-electron chi connectivity index (χ1n) is 6.28. The van der Waals surface area contributed by atoms with Crippen LogP contribution in [0.3, 0.4) is 0 Å². The second kappa shape index (κ2) is 6.89. The van der Waals surface area contributed by atoms with E-state index in [1.54, 1.807) is 31.3 Å². The van der Waals surface area contributed by atoms with Crippen LogP contribution < -0.4 is 5.32 Å². The number of rotatable bonds is 5. The number of aliphatic hydroxyl groups is 1. The zero-order chi connectivity index (χ0) is 15.4. The van der Waals surface area contributed by atoms with E-state index in [2.05, 4.69) is 15.6 Å². The summed E-state index contributed by atoms with van der Waals surface area (Å²) in [6.07, 6.45) is 1.12. The van der Waals surface area contributed by atoms with E-state index in [4.69, 9.17) is 23.2 Å². The third-order valence-electron chi connectivity index (χ3n) is 2.75. The maximum absolute atomic E-state index is 11.9. The van der Waals surface area contributed by atoms with Gasteiger partial charge in [-0.25, -0.2) is 0 Å². The summed E-state index contributed by atoms with van der Waals surface area (Å²) in [5.41, 5.74) is 0.936. The Morgan fingerprint density at radius 3 is 2.90 bits per heavy atom. The molecule has 1 amide bonds. The van der Waals surface area contributed by atoms with Crippen molar-refractivity contribution >= 4 is 34.8 Å². The lowest BCUT2D eigenvalue weighted by Gasteiger charge is -2.07. The van der Waals surface area contributed by atoms with Gasteiger partial charge in [0.1, 0.15) is 5.69 Å². The number of nitrogens with one attached hydrogen (secondary N) is 1. The van der Waals surface area contributed by atoms with Crippen molar-refractivity contribution in [3.8, 4) is 0 Å². The van der Waals surface area contributed by atoms with E-state index in [0.717, 1.165) is 0 Å². The zero-order valence-electron chi connectivity index (χ0n) is 11.3. The molecule has 0 bridgehead atoms. The summed E-state index contributed by atoms with van der Waals surface area (Å²) in [7, 11) is 0. The molecule has 8 heteroatoms. The average molecular weight is 329 g/mol. The van der Waals surface area contributed by atoms with E-state index < -0.39 is 6.10 Å². The second-order valence-electron chi connectivity index (χ2n) is 4.50. The minimum Gasteiger partial charge on any atom is -0.387 e. The molecule has 0 aliphatic heterocycles. The molecule has 0 saturated carbocycles. The van der Waals surface area contributed by atoms with Gasteiger partial charge in [0.25, 0.3) is 0 Å². The van der Waals surface area contributed by atoms with Gasteiger partial charge in [-0.3, -0.25) is 9.48 Å². The van der Waals surface area contributed by atoms with Gasteiger partial charge < -0.3 is 10.4 Å². The van der Waals surface area contributed by atoms with Crippen LogP contribution in [-0.4, -0.2) is 26.0 Å². The standard InChI is InChI=1S/C13H14Cl2N4O2/c1-8(20)12-7-19(18-17-12)5-4-13(21)16-11-6-9(14)2-3-10(11)15/h2-3,6-8,20H,4-5H2,1H3,(H,16,21). The first-order valence-corrected chi connectivity index (χ1v) is 7.04. The summed E-state index contributed by atoms with van der Waals surface area (Å²) in [5.74, 6) is -0.215. The zero-order valence-corrected chi connectivity index (χ0v) is 12.8. The summed E-state index contributed by atoms with van der Waals surface area (Å²) in [4.78, 5) is 11.9. The molecule has 21 heavy (non-hydrogen) atoms. The smallest absolute Gasteiger partial charge is 0.226 e. The molecule has 1 heterocycles. The van der Waals surface area contributed by atoms with Crippen molar-refractivity contribution in [1.82, 2.24) is 15.0 Å². The van der Waals surface area contributed by atoms with Gasteiger partial charge in [-0.1, -0.05) is 28.4 Å².